The highest BCUT2D eigenvalue weighted by molar-refractivity contribution is 8.18. The third-order valence-electron chi connectivity index (χ3n) is 2.99. The molecule has 8 heteroatoms. The number of amides is 2. The van der Waals surface area contributed by atoms with E-state index >= 15 is 0 Å². The van der Waals surface area contributed by atoms with Crippen molar-refractivity contribution in [2.75, 3.05) is 0 Å². The lowest BCUT2D eigenvalue weighted by atomic mass is 10.2. The molecular weight excluding hydrogens is 350 g/mol. The van der Waals surface area contributed by atoms with Crippen LogP contribution in [0.4, 0.5) is 0 Å². The standard InChI is InChI=1S/C16H12ClN3O3S/c1-9(21)19-20-16-18-15(22)14(24-16)8-12-6-7-13(23-12)10-2-4-11(17)5-3-10/h2-8H,1H3,(H,19,21)(H,18,20,22)/b14-8-. The summed E-state index contributed by atoms with van der Waals surface area (Å²) in [5, 5.41) is 7.31. The number of nitrogens with one attached hydrogen (secondary N) is 2. The molecule has 2 N–H and O–H groups in total. The molecule has 1 aromatic heterocycles. The molecule has 0 unspecified atom stereocenters. The molecule has 0 aliphatic carbocycles. The number of hydrogen-bond donors (Lipinski definition) is 2. The van der Waals surface area contributed by atoms with Crippen molar-refractivity contribution in [2.24, 2.45) is 5.10 Å². The van der Waals surface area contributed by atoms with Gasteiger partial charge in [-0.1, -0.05) is 11.6 Å². The summed E-state index contributed by atoms with van der Waals surface area (Å²) in [6.45, 7) is 1.34. The minimum Gasteiger partial charge on any atom is -0.457 e. The predicted molar refractivity (Wildman–Crippen MR) is 94.1 cm³/mol. The van der Waals surface area contributed by atoms with Crippen molar-refractivity contribution < 1.29 is 14.0 Å². The van der Waals surface area contributed by atoms with E-state index in [1.807, 2.05) is 18.2 Å². The van der Waals surface area contributed by atoms with Gasteiger partial charge in [0.05, 0.1) is 4.91 Å². The molecule has 122 valence electrons. The Hall–Kier alpha value is -2.51. The second-order valence-corrected chi connectivity index (χ2v) is 6.33. The van der Waals surface area contributed by atoms with E-state index in [0.717, 1.165) is 17.3 Å². The third kappa shape index (κ3) is 3.87. The average Bonchev–Trinajstić information content (AvgIpc) is 3.14. The Kier molecular flexibility index (Phi) is 4.73. The Bertz CT molecular complexity index is 856. The first kappa shape index (κ1) is 16.4. The van der Waals surface area contributed by atoms with Crippen LogP contribution < -0.4 is 10.7 Å². The molecular formula is C16H12ClN3O3S. The van der Waals surface area contributed by atoms with Gasteiger partial charge >= 0.3 is 0 Å². The molecule has 2 amide bonds. The molecule has 2 aromatic rings. The van der Waals surface area contributed by atoms with Crippen LogP contribution in [0.5, 0.6) is 0 Å². The molecule has 0 saturated carbocycles. The average molecular weight is 362 g/mol. The summed E-state index contributed by atoms with van der Waals surface area (Å²) >= 11 is 6.99. The third-order valence-corrected chi connectivity index (χ3v) is 4.16. The van der Waals surface area contributed by atoms with Gasteiger partial charge in [-0.3, -0.25) is 14.9 Å². The Labute approximate surface area is 146 Å². The molecule has 3 rings (SSSR count). The molecule has 1 saturated heterocycles. The number of carbonyl (C=O) groups excluding carboxylic acids is 2. The molecule has 1 fully saturated rings. The quantitative estimate of drug-likeness (QED) is 0.649. The number of benzene rings is 1. The van der Waals surface area contributed by atoms with E-state index in [0.29, 0.717) is 26.6 Å². The van der Waals surface area contributed by atoms with Crippen LogP contribution in [0.1, 0.15) is 12.7 Å². The Morgan fingerprint density at radius 3 is 2.75 bits per heavy atom. The van der Waals surface area contributed by atoms with Crippen LogP contribution in [0.2, 0.25) is 5.02 Å². The SMILES string of the molecule is CC(=O)N/N=C1/NC(=O)/C(=C/c2ccc(-c3ccc(Cl)cc3)o2)S1. The number of amidine groups is 1. The molecule has 24 heavy (non-hydrogen) atoms. The Morgan fingerprint density at radius 2 is 2.04 bits per heavy atom. The predicted octanol–water partition coefficient (Wildman–Crippen LogP) is 3.21. The summed E-state index contributed by atoms with van der Waals surface area (Å²) in [5.74, 6) is 0.606. The fourth-order valence-electron chi connectivity index (χ4n) is 1.94. The van der Waals surface area contributed by atoms with Crippen molar-refractivity contribution in [1.82, 2.24) is 10.7 Å². The van der Waals surface area contributed by atoms with Crippen LogP contribution in [-0.4, -0.2) is 17.0 Å². The second kappa shape index (κ2) is 6.94. The normalized spacial score (nSPS) is 17.3. The van der Waals surface area contributed by atoms with E-state index in [2.05, 4.69) is 15.8 Å². The maximum Gasteiger partial charge on any atom is 0.264 e. The maximum atomic E-state index is 11.9. The van der Waals surface area contributed by atoms with Gasteiger partial charge in [0.1, 0.15) is 11.5 Å². The number of thioether (sulfide) groups is 1. The van der Waals surface area contributed by atoms with Crippen LogP contribution in [0.25, 0.3) is 17.4 Å². The van der Waals surface area contributed by atoms with Gasteiger partial charge in [0.15, 0.2) is 5.17 Å². The topological polar surface area (TPSA) is 83.7 Å². The zero-order valence-corrected chi connectivity index (χ0v) is 14.1. The summed E-state index contributed by atoms with van der Waals surface area (Å²) in [6, 6.07) is 10.9. The largest absolute Gasteiger partial charge is 0.457 e. The van der Waals surface area contributed by atoms with Crippen LogP contribution in [0.15, 0.2) is 50.8 Å². The summed E-state index contributed by atoms with van der Waals surface area (Å²) < 4.78 is 5.73. The van der Waals surface area contributed by atoms with E-state index in [1.165, 1.54) is 6.92 Å². The van der Waals surface area contributed by atoms with Crippen LogP contribution in [-0.2, 0) is 9.59 Å². The highest BCUT2D eigenvalue weighted by Gasteiger charge is 2.24. The van der Waals surface area contributed by atoms with E-state index < -0.39 is 0 Å². The van der Waals surface area contributed by atoms with Gasteiger partial charge in [-0.05, 0) is 48.2 Å². The highest BCUT2D eigenvalue weighted by atomic mass is 35.5. The number of halogens is 1. The summed E-state index contributed by atoms with van der Waals surface area (Å²) in [4.78, 5) is 23.2. The molecule has 1 aliphatic rings. The molecule has 1 aromatic carbocycles. The van der Waals surface area contributed by atoms with Crippen molar-refractivity contribution in [3.8, 4) is 11.3 Å². The number of rotatable bonds is 3. The fraction of sp³-hybridized carbons (Fsp3) is 0.0625. The van der Waals surface area contributed by atoms with Crippen molar-refractivity contribution in [3.63, 3.8) is 0 Å². The lowest BCUT2D eigenvalue weighted by Crippen LogP contribution is -2.23. The number of hydrazone groups is 1. The van der Waals surface area contributed by atoms with Gasteiger partial charge in [0.2, 0.25) is 5.91 Å². The van der Waals surface area contributed by atoms with Gasteiger partial charge < -0.3 is 4.42 Å². The lowest BCUT2D eigenvalue weighted by molar-refractivity contribution is -0.119. The van der Waals surface area contributed by atoms with E-state index in [1.54, 1.807) is 24.3 Å². The molecule has 6 nitrogen and oxygen atoms in total. The van der Waals surface area contributed by atoms with Crippen molar-refractivity contribution in [2.45, 2.75) is 6.92 Å². The van der Waals surface area contributed by atoms with Crippen LogP contribution in [0, 0.1) is 0 Å². The number of nitrogens with zero attached hydrogens (tertiary/aromatic N) is 1. The smallest absolute Gasteiger partial charge is 0.264 e. The van der Waals surface area contributed by atoms with Crippen molar-refractivity contribution >= 4 is 46.4 Å². The van der Waals surface area contributed by atoms with Gasteiger partial charge in [-0.2, -0.15) is 0 Å². The first-order valence-corrected chi connectivity index (χ1v) is 8.11. The second-order valence-electron chi connectivity index (χ2n) is 4.86. The van der Waals surface area contributed by atoms with Gasteiger partial charge in [-0.15, -0.1) is 5.10 Å². The number of carbonyl (C=O) groups is 2. The van der Waals surface area contributed by atoms with Gasteiger partial charge in [0, 0.05) is 23.6 Å². The molecule has 0 radical (unpaired) electrons. The minimum atomic E-state index is -0.312. The van der Waals surface area contributed by atoms with Gasteiger partial charge in [0.25, 0.3) is 5.91 Å². The zero-order chi connectivity index (χ0) is 17.1. The van der Waals surface area contributed by atoms with Crippen LogP contribution >= 0.6 is 23.4 Å². The van der Waals surface area contributed by atoms with Gasteiger partial charge in [-0.25, -0.2) is 5.43 Å². The monoisotopic (exact) mass is 361 g/mol. The number of furan rings is 1. The maximum absolute atomic E-state index is 11.9. The molecule has 2 heterocycles. The fourth-order valence-corrected chi connectivity index (χ4v) is 2.83. The lowest BCUT2D eigenvalue weighted by Gasteiger charge is -1.96. The molecule has 0 spiro atoms. The highest BCUT2D eigenvalue weighted by Crippen LogP contribution is 2.29. The van der Waals surface area contributed by atoms with Crippen molar-refractivity contribution in [3.05, 3.63) is 52.1 Å². The Balaban J connectivity index is 1.77. The summed E-state index contributed by atoms with van der Waals surface area (Å²) in [5.41, 5.74) is 3.16. The van der Waals surface area contributed by atoms with E-state index in [4.69, 9.17) is 16.0 Å². The van der Waals surface area contributed by atoms with Crippen molar-refractivity contribution in [1.29, 1.82) is 0 Å². The van der Waals surface area contributed by atoms with Crippen LogP contribution in [0.3, 0.4) is 0 Å². The molecule has 0 bridgehead atoms. The zero-order valence-electron chi connectivity index (χ0n) is 12.5. The van der Waals surface area contributed by atoms with E-state index in [-0.39, 0.29) is 11.8 Å². The Morgan fingerprint density at radius 1 is 1.29 bits per heavy atom. The summed E-state index contributed by atoms with van der Waals surface area (Å²) in [7, 11) is 0. The number of hydrogen-bond acceptors (Lipinski definition) is 5. The molecule has 1 aliphatic heterocycles. The first-order chi connectivity index (χ1) is 11.5. The molecule has 0 atom stereocenters. The van der Waals surface area contributed by atoms with E-state index in [9.17, 15) is 9.59 Å². The first-order valence-electron chi connectivity index (χ1n) is 6.92. The summed E-state index contributed by atoms with van der Waals surface area (Å²) in [6.07, 6.45) is 1.62. The minimum absolute atomic E-state index is 0.298.